The Labute approximate surface area is 143 Å². The van der Waals surface area contributed by atoms with Gasteiger partial charge >= 0.3 is 12.1 Å². The molecule has 24 heavy (non-hydrogen) atoms. The molecule has 7 nitrogen and oxygen atoms in total. The molecular weight excluding hydrogens is 312 g/mol. The zero-order valence-electron chi connectivity index (χ0n) is 15.3. The van der Waals surface area contributed by atoms with Crippen LogP contribution in [-0.4, -0.2) is 65.7 Å². The minimum Gasteiger partial charge on any atom is -0.469 e. The first-order chi connectivity index (χ1) is 11.1. The lowest BCUT2D eigenvalue weighted by Gasteiger charge is -2.45. The average Bonchev–Trinajstić information content (AvgIpc) is 2.88. The zero-order chi connectivity index (χ0) is 18.1. The van der Waals surface area contributed by atoms with Crippen LogP contribution >= 0.6 is 0 Å². The Bertz CT molecular complexity index is 518. The highest BCUT2D eigenvalue weighted by Gasteiger charge is 2.46. The molecule has 0 spiro atoms. The molecule has 0 bridgehead atoms. The summed E-state index contributed by atoms with van der Waals surface area (Å²) < 4.78 is 10.2. The normalized spacial score (nSPS) is 24.0. The maximum atomic E-state index is 12.3. The number of hydrogen-bond acceptors (Lipinski definition) is 5. The van der Waals surface area contributed by atoms with E-state index in [9.17, 15) is 14.4 Å². The SMILES string of the molecule is COC(=O)C1CC(=O)N(C2(C)CCN(C(=O)OC(C)(C)C)CC2)C1. The van der Waals surface area contributed by atoms with Gasteiger partial charge in [-0.25, -0.2) is 4.79 Å². The summed E-state index contributed by atoms with van der Waals surface area (Å²) in [7, 11) is 1.34. The molecule has 0 N–H and O–H groups in total. The number of amides is 2. The molecule has 0 aromatic rings. The van der Waals surface area contributed by atoms with Gasteiger partial charge < -0.3 is 19.3 Å². The van der Waals surface area contributed by atoms with Crippen molar-refractivity contribution in [3.63, 3.8) is 0 Å². The number of carbonyl (C=O) groups excluding carboxylic acids is 3. The third kappa shape index (κ3) is 3.99. The maximum absolute atomic E-state index is 12.3. The van der Waals surface area contributed by atoms with Gasteiger partial charge in [0.25, 0.3) is 0 Å². The number of piperidine rings is 1. The first-order valence-electron chi connectivity index (χ1n) is 8.42. The van der Waals surface area contributed by atoms with Gasteiger partial charge in [0.15, 0.2) is 0 Å². The van der Waals surface area contributed by atoms with Crippen LogP contribution in [0.4, 0.5) is 4.79 Å². The smallest absolute Gasteiger partial charge is 0.410 e. The fourth-order valence-corrected chi connectivity index (χ4v) is 3.32. The van der Waals surface area contributed by atoms with E-state index in [1.54, 1.807) is 9.80 Å². The van der Waals surface area contributed by atoms with E-state index in [1.165, 1.54) is 7.11 Å². The second-order valence-electron chi connectivity index (χ2n) is 7.89. The second kappa shape index (κ2) is 6.61. The van der Waals surface area contributed by atoms with Crippen molar-refractivity contribution in [1.82, 2.24) is 9.80 Å². The zero-order valence-corrected chi connectivity index (χ0v) is 15.3. The van der Waals surface area contributed by atoms with Crippen LogP contribution in [0, 0.1) is 5.92 Å². The Morgan fingerprint density at radius 3 is 2.29 bits per heavy atom. The fourth-order valence-electron chi connectivity index (χ4n) is 3.32. The molecule has 2 aliphatic heterocycles. The van der Waals surface area contributed by atoms with Crippen molar-refractivity contribution in [1.29, 1.82) is 0 Å². The predicted octanol–water partition coefficient (Wildman–Crippen LogP) is 1.80. The van der Waals surface area contributed by atoms with E-state index >= 15 is 0 Å². The molecule has 0 saturated carbocycles. The minimum absolute atomic E-state index is 0.0152. The van der Waals surface area contributed by atoms with Crippen LogP contribution in [0.15, 0.2) is 0 Å². The number of ether oxygens (including phenoxy) is 2. The van der Waals surface area contributed by atoms with Crippen LogP contribution in [0.1, 0.15) is 47.0 Å². The summed E-state index contributed by atoms with van der Waals surface area (Å²) in [6.07, 6.45) is 1.24. The van der Waals surface area contributed by atoms with E-state index in [1.807, 2.05) is 27.7 Å². The molecule has 2 fully saturated rings. The van der Waals surface area contributed by atoms with E-state index in [0.717, 1.165) is 0 Å². The highest BCUT2D eigenvalue weighted by molar-refractivity contribution is 5.87. The molecule has 2 rings (SSSR count). The summed E-state index contributed by atoms with van der Waals surface area (Å²) in [5, 5.41) is 0. The Balaban J connectivity index is 1.96. The van der Waals surface area contributed by atoms with Crippen LogP contribution in [0.25, 0.3) is 0 Å². The lowest BCUT2D eigenvalue weighted by Crippen LogP contribution is -2.55. The molecule has 0 aromatic heterocycles. The van der Waals surface area contributed by atoms with Gasteiger partial charge in [0.2, 0.25) is 5.91 Å². The molecule has 0 radical (unpaired) electrons. The van der Waals surface area contributed by atoms with Crippen molar-refractivity contribution in [3.05, 3.63) is 0 Å². The molecule has 2 amide bonds. The predicted molar refractivity (Wildman–Crippen MR) is 87.3 cm³/mol. The van der Waals surface area contributed by atoms with E-state index in [-0.39, 0.29) is 35.8 Å². The summed E-state index contributed by atoms with van der Waals surface area (Å²) in [5.74, 6) is -0.734. The van der Waals surface area contributed by atoms with Gasteiger partial charge in [-0.1, -0.05) is 0 Å². The Morgan fingerprint density at radius 2 is 1.79 bits per heavy atom. The summed E-state index contributed by atoms with van der Waals surface area (Å²) >= 11 is 0. The van der Waals surface area contributed by atoms with Gasteiger partial charge in [0.05, 0.1) is 13.0 Å². The largest absolute Gasteiger partial charge is 0.469 e. The van der Waals surface area contributed by atoms with Crippen molar-refractivity contribution in [2.45, 2.75) is 58.1 Å². The number of hydrogen-bond donors (Lipinski definition) is 0. The van der Waals surface area contributed by atoms with Gasteiger partial charge in [-0.05, 0) is 40.5 Å². The number of esters is 1. The number of likely N-dealkylation sites (tertiary alicyclic amines) is 2. The maximum Gasteiger partial charge on any atom is 0.410 e. The number of methoxy groups -OCH3 is 1. The molecule has 1 atom stereocenters. The van der Waals surface area contributed by atoms with Gasteiger partial charge in [-0.3, -0.25) is 9.59 Å². The van der Waals surface area contributed by atoms with Crippen molar-refractivity contribution in [2.24, 2.45) is 5.92 Å². The second-order valence-corrected chi connectivity index (χ2v) is 7.89. The van der Waals surface area contributed by atoms with Gasteiger partial charge in [0.1, 0.15) is 5.60 Å². The van der Waals surface area contributed by atoms with E-state index in [0.29, 0.717) is 32.5 Å². The van der Waals surface area contributed by atoms with Crippen molar-refractivity contribution in [3.8, 4) is 0 Å². The van der Waals surface area contributed by atoms with E-state index < -0.39 is 5.60 Å². The fraction of sp³-hybridized carbons (Fsp3) is 0.824. The first kappa shape index (κ1) is 18.5. The van der Waals surface area contributed by atoms with Crippen LogP contribution in [0.2, 0.25) is 0 Å². The molecule has 2 saturated heterocycles. The standard InChI is InChI=1S/C17H28N2O5/c1-16(2,3)24-15(22)18-8-6-17(4,7-9-18)19-11-12(10-13(19)20)14(21)23-5/h12H,6-11H2,1-5H3. The highest BCUT2D eigenvalue weighted by Crippen LogP contribution is 2.34. The molecule has 0 aromatic carbocycles. The molecule has 0 aliphatic carbocycles. The minimum atomic E-state index is -0.517. The van der Waals surface area contributed by atoms with Gasteiger partial charge in [-0.2, -0.15) is 0 Å². The van der Waals surface area contributed by atoms with Crippen molar-refractivity contribution < 1.29 is 23.9 Å². The molecular formula is C17H28N2O5. The average molecular weight is 340 g/mol. The van der Waals surface area contributed by atoms with E-state index in [2.05, 4.69) is 0 Å². The summed E-state index contributed by atoms with van der Waals surface area (Å²) in [4.78, 5) is 39.7. The Morgan fingerprint density at radius 1 is 1.21 bits per heavy atom. The Kier molecular flexibility index (Phi) is 5.11. The van der Waals surface area contributed by atoms with Crippen LogP contribution in [-0.2, 0) is 19.1 Å². The molecule has 136 valence electrons. The molecule has 7 heteroatoms. The lowest BCUT2D eigenvalue weighted by molar-refractivity contribution is -0.145. The third-order valence-corrected chi connectivity index (χ3v) is 4.80. The van der Waals surface area contributed by atoms with Gasteiger partial charge in [-0.15, -0.1) is 0 Å². The molecule has 2 aliphatic rings. The summed E-state index contributed by atoms with van der Waals surface area (Å²) in [6.45, 7) is 9.03. The monoisotopic (exact) mass is 340 g/mol. The van der Waals surface area contributed by atoms with Crippen molar-refractivity contribution in [2.75, 3.05) is 26.7 Å². The van der Waals surface area contributed by atoms with E-state index in [4.69, 9.17) is 9.47 Å². The van der Waals surface area contributed by atoms with Gasteiger partial charge in [0, 0.05) is 31.6 Å². The molecule has 2 heterocycles. The first-order valence-corrected chi connectivity index (χ1v) is 8.42. The molecule has 1 unspecified atom stereocenters. The third-order valence-electron chi connectivity index (χ3n) is 4.80. The lowest BCUT2D eigenvalue weighted by atomic mass is 9.88. The highest BCUT2D eigenvalue weighted by atomic mass is 16.6. The number of nitrogens with zero attached hydrogens (tertiary/aromatic N) is 2. The number of carbonyl (C=O) groups is 3. The quantitative estimate of drug-likeness (QED) is 0.717. The summed E-state index contributed by atoms with van der Waals surface area (Å²) in [6, 6.07) is 0. The van der Waals surface area contributed by atoms with Crippen molar-refractivity contribution >= 4 is 18.0 Å². The topological polar surface area (TPSA) is 76.2 Å². The Hall–Kier alpha value is -1.79. The summed E-state index contributed by atoms with van der Waals surface area (Å²) in [5.41, 5.74) is -0.852. The van der Waals surface area contributed by atoms with Crippen LogP contribution in [0.3, 0.4) is 0 Å². The van der Waals surface area contributed by atoms with Crippen LogP contribution < -0.4 is 0 Å². The number of rotatable bonds is 2. The van der Waals surface area contributed by atoms with Crippen LogP contribution in [0.5, 0.6) is 0 Å².